The van der Waals surface area contributed by atoms with Crippen molar-refractivity contribution in [3.63, 3.8) is 0 Å². The first-order valence-corrected chi connectivity index (χ1v) is 8.53. The number of anilines is 1. The Morgan fingerprint density at radius 2 is 1.85 bits per heavy atom. The monoisotopic (exact) mass is 350 g/mol. The van der Waals surface area contributed by atoms with Crippen LogP contribution in [0.15, 0.2) is 42.6 Å². The van der Waals surface area contributed by atoms with E-state index >= 15 is 0 Å². The van der Waals surface area contributed by atoms with Gasteiger partial charge in [-0.2, -0.15) is 0 Å². The van der Waals surface area contributed by atoms with E-state index in [0.717, 1.165) is 16.8 Å². The van der Waals surface area contributed by atoms with Crippen LogP contribution in [0.5, 0.6) is 0 Å². The summed E-state index contributed by atoms with van der Waals surface area (Å²) in [5.74, 6) is -0.478. The zero-order valence-corrected chi connectivity index (χ0v) is 15.3. The first-order valence-electron chi connectivity index (χ1n) is 8.53. The number of carbonyl (C=O) groups excluding carboxylic acids is 2. The molecule has 0 spiro atoms. The van der Waals surface area contributed by atoms with Gasteiger partial charge in [-0.3, -0.25) is 14.0 Å². The van der Waals surface area contributed by atoms with Gasteiger partial charge in [0.15, 0.2) is 5.69 Å². The second-order valence-electron chi connectivity index (χ2n) is 6.64. The Hall–Kier alpha value is -3.15. The SMILES string of the molecule is Cc1ccc(C)c(NC(=O)c2nc(C(=O)NC(C)C)c3ccccn23)c1. The van der Waals surface area contributed by atoms with Gasteiger partial charge in [0.1, 0.15) is 0 Å². The summed E-state index contributed by atoms with van der Waals surface area (Å²) in [7, 11) is 0. The Balaban J connectivity index is 2.01. The lowest BCUT2D eigenvalue weighted by atomic mass is 10.1. The predicted molar refractivity (Wildman–Crippen MR) is 102 cm³/mol. The second-order valence-corrected chi connectivity index (χ2v) is 6.64. The number of benzene rings is 1. The van der Waals surface area contributed by atoms with Gasteiger partial charge in [-0.1, -0.05) is 18.2 Å². The predicted octanol–water partition coefficient (Wildman–Crippen LogP) is 3.34. The van der Waals surface area contributed by atoms with Gasteiger partial charge < -0.3 is 10.6 Å². The van der Waals surface area contributed by atoms with E-state index < -0.39 is 0 Å². The largest absolute Gasteiger partial charge is 0.348 e. The van der Waals surface area contributed by atoms with Gasteiger partial charge in [0.05, 0.1) is 5.52 Å². The van der Waals surface area contributed by atoms with Gasteiger partial charge in [-0.25, -0.2) is 4.98 Å². The summed E-state index contributed by atoms with van der Waals surface area (Å²) in [4.78, 5) is 29.6. The lowest BCUT2D eigenvalue weighted by molar-refractivity contribution is 0.0940. The van der Waals surface area contributed by atoms with Crippen LogP contribution in [0.2, 0.25) is 0 Å². The molecule has 0 radical (unpaired) electrons. The molecular weight excluding hydrogens is 328 g/mol. The number of fused-ring (bicyclic) bond motifs is 1. The van der Waals surface area contributed by atoms with Crippen LogP contribution in [0.3, 0.4) is 0 Å². The maximum absolute atomic E-state index is 12.8. The van der Waals surface area contributed by atoms with Gasteiger partial charge in [0, 0.05) is 17.9 Å². The minimum absolute atomic E-state index is 0.0183. The van der Waals surface area contributed by atoms with Crippen LogP contribution < -0.4 is 10.6 Å². The lowest BCUT2D eigenvalue weighted by Crippen LogP contribution is -2.30. The number of hydrogen-bond donors (Lipinski definition) is 2. The number of aromatic nitrogens is 2. The number of imidazole rings is 1. The summed E-state index contributed by atoms with van der Waals surface area (Å²) in [5.41, 5.74) is 3.58. The third kappa shape index (κ3) is 3.44. The number of nitrogens with one attached hydrogen (secondary N) is 2. The highest BCUT2D eigenvalue weighted by Gasteiger charge is 2.22. The van der Waals surface area contributed by atoms with Crippen LogP contribution >= 0.6 is 0 Å². The van der Waals surface area contributed by atoms with Gasteiger partial charge in [0.25, 0.3) is 11.8 Å². The number of carbonyl (C=O) groups is 2. The van der Waals surface area contributed by atoms with Gasteiger partial charge in [-0.15, -0.1) is 0 Å². The molecule has 0 atom stereocenters. The second kappa shape index (κ2) is 7.00. The molecule has 2 aromatic heterocycles. The molecule has 0 unspecified atom stereocenters. The zero-order chi connectivity index (χ0) is 18.8. The number of amides is 2. The maximum atomic E-state index is 12.8. The van der Waals surface area contributed by atoms with Crippen LogP contribution in [-0.2, 0) is 0 Å². The van der Waals surface area contributed by atoms with Crippen molar-refractivity contribution in [2.45, 2.75) is 33.7 Å². The molecule has 26 heavy (non-hydrogen) atoms. The average Bonchev–Trinajstić information content (AvgIpc) is 2.97. The van der Waals surface area contributed by atoms with Crippen molar-refractivity contribution in [3.8, 4) is 0 Å². The molecule has 0 fully saturated rings. The first kappa shape index (κ1) is 17.7. The fourth-order valence-electron chi connectivity index (χ4n) is 2.74. The van der Waals surface area contributed by atoms with Crippen molar-refractivity contribution in [2.75, 3.05) is 5.32 Å². The third-order valence-corrected chi connectivity index (χ3v) is 4.03. The molecule has 0 aliphatic rings. The highest BCUT2D eigenvalue weighted by Crippen LogP contribution is 2.19. The molecule has 1 aromatic carbocycles. The van der Waals surface area contributed by atoms with E-state index in [1.807, 2.05) is 52.0 Å². The Morgan fingerprint density at radius 1 is 1.08 bits per heavy atom. The molecular formula is C20H22N4O2. The summed E-state index contributed by atoms with van der Waals surface area (Å²) in [6.45, 7) is 7.66. The number of nitrogens with zero attached hydrogens (tertiary/aromatic N) is 2. The quantitative estimate of drug-likeness (QED) is 0.758. The van der Waals surface area contributed by atoms with E-state index in [1.54, 1.807) is 22.7 Å². The van der Waals surface area contributed by atoms with Crippen LogP contribution in [0.4, 0.5) is 5.69 Å². The standard InChI is InChI=1S/C20H22N4O2/c1-12(2)21-19(25)17-16-7-5-6-10-24(16)18(23-17)20(26)22-15-11-13(3)8-9-14(15)4/h5-12H,1-4H3,(H,21,25)(H,22,26). The Labute approximate surface area is 152 Å². The zero-order valence-electron chi connectivity index (χ0n) is 15.3. The minimum Gasteiger partial charge on any atom is -0.348 e. The van der Waals surface area contributed by atoms with E-state index in [-0.39, 0.29) is 29.4 Å². The Kier molecular flexibility index (Phi) is 4.75. The van der Waals surface area contributed by atoms with E-state index in [4.69, 9.17) is 0 Å². The molecule has 2 N–H and O–H groups in total. The first-order chi connectivity index (χ1) is 12.4. The number of pyridine rings is 1. The van der Waals surface area contributed by atoms with Gasteiger partial charge in [0.2, 0.25) is 5.82 Å². The summed E-state index contributed by atoms with van der Waals surface area (Å²) in [6, 6.07) is 11.2. The fraction of sp³-hybridized carbons (Fsp3) is 0.250. The smallest absolute Gasteiger partial charge is 0.292 e. The summed E-state index contributed by atoms with van der Waals surface area (Å²) in [5, 5.41) is 5.72. The van der Waals surface area contributed by atoms with Crippen molar-refractivity contribution >= 4 is 23.0 Å². The van der Waals surface area contributed by atoms with E-state index in [1.165, 1.54) is 0 Å². The van der Waals surface area contributed by atoms with Crippen molar-refractivity contribution in [2.24, 2.45) is 0 Å². The van der Waals surface area contributed by atoms with Gasteiger partial charge in [-0.05, 0) is 57.0 Å². The summed E-state index contributed by atoms with van der Waals surface area (Å²) >= 11 is 0. The van der Waals surface area contributed by atoms with E-state index in [9.17, 15) is 9.59 Å². The highest BCUT2D eigenvalue weighted by molar-refractivity contribution is 6.06. The molecule has 0 aliphatic carbocycles. The number of rotatable bonds is 4. The molecule has 2 heterocycles. The van der Waals surface area contributed by atoms with Crippen molar-refractivity contribution in [3.05, 3.63) is 65.2 Å². The van der Waals surface area contributed by atoms with Crippen LogP contribution in [0.1, 0.15) is 46.1 Å². The molecule has 3 aromatic rings. The van der Waals surface area contributed by atoms with E-state index in [0.29, 0.717) is 5.52 Å². The lowest BCUT2D eigenvalue weighted by Gasteiger charge is -2.08. The third-order valence-electron chi connectivity index (χ3n) is 4.03. The molecule has 6 heteroatoms. The summed E-state index contributed by atoms with van der Waals surface area (Å²) < 4.78 is 1.63. The highest BCUT2D eigenvalue weighted by atomic mass is 16.2. The average molecular weight is 350 g/mol. The maximum Gasteiger partial charge on any atom is 0.292 e. The molecule has 0 saturated heterocycles. The molecule has 0 aliphatic heterocycles. The number of aryl methyl sites for hydroxylation is 2. The van der Waals surface area contributed by atoms with Crippen molar-refractivity contribution < 1.29 is 9.59 Å². The molecule has 6 nitrogen and oxygen atoms in total. The molecule has 3 rings (SSSR count). The molecule has 0 saturated carbocycles. The topological polar surface area (TPSA) is 75.5 Å². The molecule has 0 bridgehead atoms. The van der Waals surface area contributed by atoms with Crippen molar-refractivity contribution in [1.29, 1.82) is 0 Å². The number of hydrogen-bond acceptors (Lipinski definition) is 3. The normalized spacial score (nSPS) is 11.0. The van der Waals surface area contributed by atoms with Gasteiger partial charge >= 0.3 is 0 Å². The fourth-order valence-corrected chi connectivity index (χ4v) is 2.74. The minimum atomic E-state index is -0.358. The van der Waals surface area contributed by atoms with Crippen molar-refractivity contribution in [1.82, 2.24) is 14.7 Å². The molecule has 134 valence electrons. The van der Waals surface area contributed by atoms with Crippen LogP contribution in [-0.4, -0.2) is 27.2 Å². The van der Waals surface area contributed by atoms with E-state index in [2.05, 4.69) is 15.6 Å². The Bertz CT molecular complexity index is 989. The summed E-state index contributed by atoms with van der Waals surface area (Å²) in [6.07, 6.45) is 1.73. The molecule has 2 amide bonds. The van der Waals surface area contributed by atoms with Crippen LogP contribution in [0, 0.1) is 13.8 Å². The van der Waals surface area contributed by atoms with Crippen LogP contribution in [0.25, 0.3) is 5.52 Å². The Morgan fingerprint density at radius 3 is 2.58 bits per heavy atom.